The normalized spacial score (nSPS) is 10.0. The molecule has 0 aliphatic carbocycles. The highest BCUT2D eigenvalue weighted by Crippen LogP contribution is 2.17. The molecule has 0 radical (unpaired) electrons. The largest absolute Gasteiger partial charge is 0.399 e. The Morgan fingerprint density at radius 1 is 1.14 bits per heavy atom. The van der Waals surface area contributed by atoms with E-state index in [4.69, 9.17) is 5.73 Å². The van der Waals surface area contributed by atoms with Crippen LogP contribution >= 0.6 is 0 Å². The minimum absolute atomic E-state index is 0.0128. The van der Waals surface area contributed by atoms with Crippen LogP contribution in [0.5, 0.6) is 0 Å². The zero-order valence-corrected chi connectivity index (χ0v) is 7.53. The molecular formula is C11H10N2O. The maximum Gasteiger partial charge on any atom is 0.182 e. The summed E-state index contributed by atoms with van der Waals surface area (Å²) in [7, 11) is 0. The molecular weight excluding hydrogens is 176 g/mol. The average Bonchev–Trinajstić information content (AvgIpc) is 2.18. The number of aromatic nitrogens is 1. The standard InChI is InChI=1S/C11H10N2O/c12-9-3-1-2-8(6-9)11-7-10(14)4-5-13-11/h1-7H,12H2,(H,13,14). The van der Waals surface area contributed by atoms with Crippen LogP contribution < -0.4 is 11.2 Å². The van der Waals surface area contributed by atoms with Gasteiger partial charge >= 0.3 is 0 Å². The summed E-state index contributed by atoms with van der Waals surface area (Å²) in [6.07, 6.45) is 1.63. The van der Waals surface area contributed by atoms with E-state index in [-0.39, 0.29) is 5.43 Å². The van der Waals surface area contributed by atoms with Crippen LogP contribution in [0.15, 0.2) is 47.4 Å². The van der Waals surface area contributed by atoms with Crippen molar-refractivity contribution in [2.75, 3.05) is 5.73 Å². The number of anilines is 1. The topological polar surface area (TPSA) is 58.9 Å². The maximum absolute atomic E-state index is 11.1. The molecule has 0 saturated carbocycles. The minimum Gasteiger partial charge on any atom is -0.399 e. The number of nitrogen functional groups attached to an aromatic ring is 1. The van der Waals surface area contributed by atoms with Gasteiger partial charge in [-0.05, 0) is 12.1 Å². The molecule has 0 bridgehead atoms. The van der Waals surface area contributed by atoms with Gasteiger partial charge in [0.2, 0.25) is 0 Å². The van der Waals surface area contributed by atoms with E-state index in [0.29, 0.717) is 5.69 Å². The van der Waals surface area contributed by atoms with Crippen molar-refractivity contribution in [2.45, 2.75) is 0 Å². The second-order valence-electron chi connectivity index (χ2n) is 3.06. The van der Waals surface area contributed by atoms with Gasteiger partial charge < -0.3 is 10.7 Å². The lowest BCUT2D eigenvalue weighted by Crippen LogP contribution is -1.98. The fourth-order valence-corrected chi connectivity index (χ4v) is 1.32. The van der Waals surface area contributed by atoms with Gasteiger partial charge in [0.25, 0.3) is 0 Å². The highest BCUT2D eigenvalue weighted by atomic mass is 16.1. The summed E-state index contributed by atoms with van der Waals surface area (Å²) in [6, 6.07) is 10.4. The molecule has 3 heteroatoms. The number of H-pyrrole nitrogens is 1. The van der Waals surface area contributed by atoms with E-state index in [2.05, 4.69) is 4.98 Å². The smallest absolute Gasteiger partial charge is 0.182 e. The first-order chi connectivity index (χ1) is 6.75. The van der Waals surface area contributed by atoms with Crippen LogP contribution in [0.3, 0.4) is 0 Å². The lowest BCUT2D eigenvalue weighted by atomic mass is 10.1. The van der Waals surface area contributed by atoms with Crippen molar-refractivity contribution in [3.8, 4) is 11.3 Å². The molecule has 2 aromatic rings. The second kappa shape index (κ2) is 3.38. The van der Waals surface area contributed by atoms with E-state index in [1.165, 1.54) is 6.07 Å². The van der Waals surface area contributed by atoms with Crippen LogP contribution in [-0.4, -0.2) is 4.98 Å². The predicted octanol–water partition coefficient (Wildman–Crippen LogP) is 1.62. The summed E-state index contributed by atoms with van der Waals surface area (Å²) in [5.74, 6) is 0. The fraction of sp³-hybridized carbons (Fsp3) is 0. The summed E-state index contributed by atoms with van der Waals surface area (Å²) < 4.78 is 0. The van der Waals surface area contributed by atoms with Gasteiger partial charge in [0, 0.05) is 35.3 Å². The van der Waals surface area contributed by atoms with Gasteiger partial charge in [-0.3, -0.25) is 4.79 Å². The molecule has 0 atom stereocenters. The second-order valence-corrected chi connectivity index (χ2v) is 3.06. The van der Waals surface area contributed by atoms with Crippen LogP contribution in [-0.2, 0) is 0 Å². The van der Waals surface area contributed by atoms with E-state index in [1.807, 2.05) is 24.3 Å². The zero-order valence-electron chi connectivity index (χ0n) is 7.53. The van der Waals surface area contributed by atoms with E-state index >= 15 is 0 Å². The molecule has 0 aliphatic rings. The van der Waals surface area contributed by atoms with E-state index < -0.39 is 0 Å². The van der Waals surface area contributed by atoms with Gasteiger partial charge in [-0.1, -0.05) is 12.1 Å². The Labute approximate surface area is 81.2 Å². The minimum atomic E-state index is -0.0128. The number of pyridine rings is 1. The molecule has 0 amide bonds. The van der Waals surface area contributed by atoms with Gasteiger partial charge in [0.1, 0.15) is 0 Å². The highest BCUT2D eigenvalue weighted by molar-refractivity contribution is 5.63. The van der Waals surface area contributed by atoms with Crippen molar-refractivity contribution in [3.05, 3.63) is 52.8 Å². The Kier molecular flexibility index (Phi) is 2.07. The van der Waals surface area contributed by atoms with Gasteiger partial charge in [0.05, 0.1) is 0 Å². The van der Waals surface area contributed by atoms with E-state index in [9.17, 15) is 4.79 Å². The Balaban J connectivity index is 2.55. The molecule has 3 nitrogen and oxygen atoms in total. The zero-order chi connectivity index (χ0) is 9.97. The number of nitrogens with two attached hydrogens (primary N) is 1. The van der Waals surface area contributed by atoms with Crippen LogP contribution in [0.4, 0.5) is 5.69 Å². The van der Waals surface area contributed by atoms with Gasteiger partial charge in [-0.25, -0.2) is 0 Å². The van der Waals surface area contributed by atoms with E-state index in [1.54, 1.807) is 12.3 Å². The maximum atomic E-state index is 11.1. The molecule has 0 spiro atoms. The van der Waals surface area contributed by atoms with Gasteiger partial charge in [-0.15, -0.1) is 0 Å². The van der Waals surface area contributed by atoms with Crippen LogP contribution in [0.1, 0.15) is 0 Å². The lowest BCUT2D eigenvalue weighted by molar-refractivity contribution is 1.30. The molecule has 3 N–H and O–H groups in total. The Morgan fingerprint density at radius 2 is 2.00 bits per heavy atom. The third-order valence-corrected chi connectivity index (χ3v) is 1.97. The SMILES string of the molecule is Nc1cccc(-c2cc(=O)cc[nH]2)c1. The summed E-state index contributed by atoms with van der Waals surface area (Å²) >= 11 is 0. The summed E-state index contributed by atoms with van der Waals surface area (Å²) in [6.45, 7) is 0. The molecule has 70 valence electrons. The summed E-state index contributed by atoms with van der Waals surface area (Å²) in [5, 5.41) is 0. The lowest BCUT2D eigenvalue weighted by Gasteiger charge is -2.01. The van der Waals surface area contributed by atoms with Crippen molar-refractivity contribution < 1.29 is 0 Å². The van der Waals surface area contributed by atoms with Crippen LogP contribution in [0, 0.1) is 0 Å². The monoisotopic (exact) mass is 186 g/mol. The molecule has 0 aliphatic heterocycles. The number of nitrogens with one attached hydrogen (secondary N) is 1. The van der Waals surface area contributed by atoms with Crippen molar-refractivity contribution in [1.82, 2.24) is 4.98 Å². The number of hydrogen-bond acceptors (Lipinski definition) is 2. The number of benzene rings is 1. The molecule has 1 aromatic heterocycles. The van der Waals surface area contributed by atoms with Crippen LogP contribution in [0.2, 0.25) is 0 Å². The quantitative estimate of drug-likeness (QED) is 0.665. The third kappa shape index (κ3) is 1.66. The highest BCUT2D eigenvalue weighted by Gasteiger charge is 1.97. The first-order valence-electron chi connectivity index (χ1n) is 4.30. The average molecular weight is 186 g/mol. The molecule has 1 aromatic carbocycles. The Hall–Kier alpha value is -2.03. The predicted molar refractivity (Wildman–Crippen MR) is 56.9 cm³/mol. The summed E-state index contributed by atoms with van der Waals surface area (Å²) in [4.78, 5) is 14.1. The first-order valence-corrected chi connectivity index (χ1v) is 4.30. The first kappa shape index (κ1) is 8.56. The fourth-order valence-electron chi connectivity index (χ4n) is 1.32. The van der Waals surface area contributed by atoms with Crippen molar-refractivity contribution in [2.24, 2.45) is 0 Å². The van der Waals surface area contributed by atoms with E-state index in [0.717, 1.165) is 11.3 Å². The molecule has 1 heterocycles. The van der Waals surface area contributed by atoms with Crippen molar-refractivity contribution >= 4 is 5.69 Å². The third-order valence-electron chi connectivity index (χ3n) is 1.97. The molecule has 0 unspecified atom stereocenters. The Morgan fingerprint density at radius 3 is 2.71 bits per heavy atom. The molecule has 14 heavy (non-hydrogen) atoms. The number of rotatable bonds is 1. The number of hydrogen-bond donors (Lipinski definition) is 2. The van der Waals surface area contributed by atoms with Crippen molar-refractivity contribution in [3.63, 3.8) is 0 Å². The molecule has 0 saturated heterocycles. The van der Waals surface area contributed by atoms with Crippen LogP contribution in [0.25, 0.3) is 11.3 Å². The Bertz CT molecular complexity index is 502. The van der Waals surface area contributed by atoms with Gasteiger partial charge in [-0.2, -0.15) is 0 Å². The molecule has 0 fully saturated rings. The molecule has 2 rings (SSSR count). The summed E-state index contributed by atoms with van der Waals surface area (Å²) in [5.41, 5.74) is 8.02. The van der Waals surface area contributed by atoms with Gasteiger partial charge in [0.15, 0.2) is 5.43 Å². The van der Waals surface area contributed by atoms with Crippen molar-refractivity contribution in [1.29, 1.82) is 0 Å². The number of aromatic amines is 1.